The molecule has 1 aromatic heterocycles. The van der Waals surface area contributed by atoms with Crippen LogP contribution in [0.25, 0.3) is 0 Å². The van der Waals surface area contributed by atoms with E-state index < -0.39 is 0 Å². The summed E-state index contributed by atoms with van der Waals surface area (Å²) in [5, 5.41) is 10.4. The first-order valence-electron chi connectivity index (χ1n) is 5.54. The monoisotopic (exact) mass is 225 g/mol. The van der Waals surface area contributed by atoms with Crippen LogP contribution in [0.4, 0.5) is 0 Å². The maximum Gasteiger partial charge on any atom is 0.0621 e. The molecule has 0 bridgehead atoms. The van der Waals surface area contributed by atoms with Gasteiger partial charge in [-0.2, -0.15) is 0 Å². The van der Waals surface area contributed by atoms with Gasteiger partial charge in [-0.05, 0) is 49.7 Å². The van der Waals surface area contributed by atoms with E-state index in [1.165, 1.54) is 12.8 Å². The molecule has 3 heteroatoms. The molecule has 2 nitrogen and oxygen atoms in total. The zero-order valence-corrected chi connectivity index (χ0v) is 9.45. The van der Waals surface area contributed by atoms with Gasteiger partial charge in [0.2, 0.25) is 0 Å². The van der Waals surface area contributed by atoms with Gasteiger partial charge in [0.15, 0.2) is 0 Å². The van der Waals surface area contributed by atoms with Crippen LogP contribution in [0.3, 0.4) is 0 Å². The lowest BCUT2D eigenvalue weighted by Crippen LogP contribution is -2.09. The second kappa shape index (κ2) is 4.95. The van der Waals surface area contributed by atoms with Gasteiger partial charge in [0.25, 0.3) is 0 Å². The fourth-order valence-corrected chi connectivity index (χ4v) is 2.04. The SMILES string of the molecule is OC(CCCc1ccncc1Cl)C1CC1. The van der Waals surface area contributed by atoms with Crippen molar-refractivity contribution in [2.75, 3.05) is 0 Å². The number of nitrogens with zero attached hydrogens (tertiary/aromatic N) is 1. The van der Waals surface area contributed by atoms with Gasteiger partial charge in [-0.25, -0.2) is 0 Å². The predicted octanol–water partition coefficient (Wildman–Crippen LogP) is 2.83. The Morgan fingerprint density at radius 2 is 2.33 bits per heavy atom. The summed E-state index contributed by atoms with van der Waals surface area (Å²) in [7, 11) is 0. The van der Waals surface area contributed by atoms with Gasteiger partial charge in [-0.3, -0.25) is 4.98 Å². The van der Waals surface area contributed by atoms with E-state index in [-0.39, 0.29) is 6.10 Å². The molecule has 1 aromatic rings. The topological polar surface area (TPSA) is 33.1 Å². The Bertz CT molecular complexity index is 325. The zero-order valence-electron chi connectivity index (χ0n) is 8.69. The van der Waals surface area contributed by atoms with Crippen molar-refractivity contribution in [1.29, 1.82) is 0 Å². The summed E-state index contributed by atoms with van der Waals surface area (Å²) >= 11 is 5.99. The van der Waals surface area contributed by atoms with E-state index >= 15 is 0 Å². The molecule has 1 fully saturated rings. The Labute approximate surface area is 95.3 Å². The van der Waals surface area contributed by atoms with Gasteiger partial charge >= 0.3 is 0 Å². The Kier molecular flexibility index (Phi) is 3.60. The minimum Gasteiger partial charge on any atom is -0.393 e. The smallest absolute Gasteiger partial charge is 0.0621 e. The van der Waals surface area contributed by atoms with Crippen molar-refractivity contribution in [2.24, 2.45) is 5.92 Å². The minimum atomic E-state index is -0.0920. The third kappa shape index (κ3) is 3.18. The second-order valence-corrected chi connectivity index (χ2v) is 4.67. The molecular weight excluding hydrogens is 210 g/mol. The Morgan fingerprint density at radius 1 is 1.53 bits per heavy atom. The lowest BCUT2D eigenvalue weighted by molar-refractivity contribution is 0.139. The average Bonchev–Trinajstić information content (AvgIpc) is 3.04. The number of aliphatic hydroxyl groups is 1. The van der Waals surface area contributed by atoms with E-state index in [0.717, 1.165) is 29.8 Å². The summed E-state index contributed by atoms with van der Waals surface area (Å²) in [6.07, 6.45) is 8.59. The number of aliphatic hydroxyl groups excluding tert-OH is 1. The van der Waals surface area contributed by atoms with Gasteiger partial charge in [0.1, 0.15) is 0 Å². The molecule has 1 atom stereocenters. The highest BCUT2D eigenvalue weighted by atomic mass is 35.5. The molecule has 0 aliphatic heterocycles. The van der Waals surface area contributed by atoms with Crippen LogP contribution in [0.2, 0.25) is 5.02 Å². The summed E-state index contributed by atoms with van der Waals surface area (Å²) in [6.45, 7) is 0. The van der Waals surface area contributed by atoms with Crippen LogP contribution >= 0.6 is 11.6 Å². The minimum absolute atomic E-state index is 0.0920. The van der Waals surface area contributed by atoms with Crippen molar-refractivity contribution in [2.45, 2.75) is 38.2 Å². The highest BCUT2D eigenvalue weighted by Crippen LogP contribution is 2.34. The molecule has 1 saturated carbocycles. The van der Waals surface area contributed by atoms with Crippen molar-refractivity contribution in [3.05, 3.63) is 29.0 Å². The van der Waals surface area contributed by atoms with Crippen molar-refractivity contribution < 1.29 is 5.11 Å². The second-order valence-electron chi connectivity index (χ2n) is 4.26. The van der Waals surface area contributed by atoms with Crippen LogP contribution in [-0.2, 0) is 6.42 Å². The van der Waals surface area contributed by atoms with Gasteiger partial charge in [0, 0.05) is 12.4 Å². The fraction of sp³-hybridized carbons (Fsp3) is 0.583. The first-order valence-corrected chi connectivity index (χ1v) is 5.91. The third-order valence-electron chi connectivity index (χ3n) is 2.97. The van der Waals surface area contributed by atoms with Crippen LogP contribution in [0, 0.1) is 5.92 Å². The molecule has 0 radical (unpaired) electrons. The highest BCUT2D eigenvalue weighted by molar-refractivity contribution is 6.31. The van der Waals surface area contributed by atoms with E-state index in [1.807, 2.05) is 6.07 Å². The molecule has 1 N–H and O–H groups in total. The number of aryl methyl sites for hydroxylation is 1. The lowest BCUT2D eigenvalue weighted by Gasteiger charge is -2.08. The molecule has 15 heavy (non-hydrogen) atoms. The first kappa shape index (κ1) is 10.9. The summed E-state index contributed by atoms with van der Waals surface area (Å²) in [5.41, 5.74) is 1.13. The fourth-order valence-electron chi connectivity index (χ4n) is 1.83. The first-order chi connectivity index (χ1) is 7.27. The quantitative estimate of drug-likeness (QED) is 0.836. The van der Waals surface area contributed by atoms with Crippen molar-refractivity contribution in [3.8, 4) is 0 Å². The molecule has 1 unspecified atom stereocenters. The summed E-state index contributed by atoms with van der Waals surface area (Å²) in [5.74, 6) is 0.581. The number of hydrogen-bond donors (Lipinski definition) is 1. The molecule has 1 heterocycles. The molecular formula is C12H16ClNO. The summed E-state index contributed by atoms with van der Waals surface area (Å²) in [6, 6.07) is 1.95. The molecule has 0 spiro atoms. The van der Waals surface area contributed by atoms with E-state index in [4.69, 9.17) is 11.6 Å². The van der Waals surface area contributed by atoms with E-state index in [9.17, 15) is 5.11 Å². The van der Waals surface area contributed by atoms with Crippen molar-refractivity contribution in [1.82, 2.24) is 4.98 Å². The number of rotatable bonds is 5. The van der Waals surface area contributed by atoms with Gasteiger partial charge in [-0.1, -0.05) is 11.6 Å². The van der Waals surface area contributed by atoms with Crippen LogP contribution in [0.1, 0.15) is 31.2 Å². The number of aromatic nitrogens is 1. The summed E-state index contributed by atoms with van der Waals surface area (Å²) < 4.78 is 0. The van der Waals surface area contributed by atoms with E-state index in [0.29, 0.717) is 5.92 Å². The van der Waals surface area contributed by atoms with Crippen LogP contribution in [0.5, 0.6) is 0 Å². The normalized spacial score (nSPS) is 17.7. The number of hydrogen-bond acceptors (Lipinski definition) is 2. The van der Waals surface area contributed by atoms with Gasteiger partial charge in [-0.15, -0.1) is 0 Å². The van der Waals surface area contributed by atoms with E-state index in [2.05, 4.69) is 4.98 Å². The standard InChI is InChI=1S/C12H16ClNO/c13-11-8-14-7-6-9(11)2-1-3-12(15)10-4-5-10/h6-8,10,12,15H,1-5H2. The molecule has 2 rings (SSSR count). The van der Waals surface area contributed by atoms with Gasteiger partial charge < -0.3 is 5.11 Å². The molecule has 1 aliphatic rings. The van der Waals surface area contributed by atoms with Crippen LogP contribution < -0.4 is 0 Å². The molecule has 1 aliphatic carbocycles. The third-order valence-corrected chi connectivity index (χ3v) is 3.31. The maximum atomic E-state index is 9.69. The molecule has 0 aromatic carbocycles. The van der Waals surface area contributed by atoms with Gasteiger partial charge in [0.05, 0.1) is 11.1 Å². The predicted molar refractivity (Wildman–Crippen MR) is 60.9 cm³/mol. The molecule has 82 valence electrons. The van der Waals surface area contributed by atoms with Crippen LogP contribution in [0.15, 0.2) is 18.5 Å². The van der Waals surface area contributed by atoms with Crippen molar-refractivity contribution >= 4 is 11.6 Å². The number of pyridine rings is 1. The Morgan fingerprint density at radius 3 is 3.00 bits per heavy atom. The van der Waals surface area contributed by atoms with E-state index in [1.54, 1.807) is 12.4 Å². The van der Waals surface area contributed by atoms with Crippen molar-refractivity contribution in [3.63, 3.8) is 0 Å². The number of halogens is 1. The lowest BCUT2D eigenvalue weighted by atomic mass is 10.0. The largest absolute Gasteiger partial charge is 0.393 e. The maximum absolute atomic E-state index is 9.69. The van der Waals surface area contributed by atoms with Crippen LogP contribution in [-0.4, -0.2) is 16.2 Å². The molecule has 0 amide bonds. The average molecular weight is 226 g/mol. The Hall–Kier alpha value is -0.600. The zero-order chi connectivity index (χ0) is 10.7. The summed E-state index contributed by atoms with van der Waals surface area (Å²) in [4.78, 5) is 3.95. The Balaban J connectivity index is 1.75. The molecule has 0 saturated heterocycles. The highest BCUT2D eigenvalue weighted by Gasteiger charge is 2.28.